The number of carbonyl (C=O) groups excluding carboxylic acids is 2. The molecular formula is C14H9N4O2. The molecule has 2 aromatic heterocycles. The molecular weight excluding hydrogens is 256 g/mol. The fourth-order valence-electron chi connectivity index (χ4n) is 2.00. The van der Waals surface area contributed by atoms with Gasteiger partial charge in [0, 0.05) is 11.1 Å². The van der Waals surface area contributed by atoms with Gasteiger partial charge < -0.3 is 5.73 Å². The van der Waals surface area contributed by atoms with Gasteiger partial charge in [-0.25, -0.2) is 9.50 Å². The summed E-state index contributed by atoms with van der Waals surface area (Å²) in [6, 6.07) is 10.3. The molecule has 0 fully saturated rings. The van der Waals surface area contributed by atoms with Crippen LogP contribution in [0.3, 0.4) is 0 Å². The maximum atomic E-state index is 11.3. The van der Waals surface area contributed by atoms with Crippen molar-refractivity contribution < 1.29 is 9.59 Å². The Morgan fingerprint density at radius 3 is 2.60 bits per heavy atom. The third-order valence-corrected chi connectivity index (χ3v) is 2.99. The molecule has 0 saturated carbocycles. The summed E-state index contributed by atoms with van der Waals surface area (Å²) < 4.78 is 1.50. The third kappa shape index (κ3) is 1.83. The number of hydrogen-bond donors (Lipinski definition) is 1. The number of amides is 1. The predicted molar refractivity (Wildman–Crippen MR) is 71.2 cm³/mol. The molecule has 0 unspecified atom stereocenters. The molecule has 0 bridgehead atoms. The molecule has 0 aliphatic heterocycles. The van der Waals surface area contributed by atoms with E-state index >= 15 is 0 Å². The summed E-state index contributed by atoms with van der Waals surface area (Å²) in [5.74, 6) is -0.570. The summed E-state index contributed by atoms with van der Waals surface area (Å²) in [5, 5.41) is 3.98. The normalized spacial score (nSPS) is 10.6. The van der Waals surface area contributed by atoms with Crippen molar-refractivity contribution in [1.29, 1.82) is 0 Å². The minimum Gasteiger partial charge on any atom is -0.365 e. The Balaban J connectivity index is 2.21. The van der Waals surface area contributed by atoms with Crippen LogP contribution < -0.4 is 5.73 Å². The molecule has 2 N–H and O–H groups in total. The van der Waals surface area contributed by atoms with E-state index in [1.54, 1.807) is 36.4 Å². The first kappa shape index (κ1) is 12.0. The molecule has 6 nitrogen and oxygen atoms in total. The van der Waals surface area contributed by atoms with Gasteiger partial charge in [0.05, 0.1) is 11.3 Å². The first-order valence-corrected chi connectivity index (χ1v) is 5.82. The highest BCUT2D eigenvalue weighted by molar-refractivity contribution is 5.99. The lowest BCUT2D eigenvalue weighted by atomic mass is 10.1. The number of aldehydes is 1. The van der Waals surface area contributed by atoms with Gasteiger partial charge >= 0.3 is 0 Å². The zero-order valence-corrected chi connectivity index (χ0v) is 10.3. The van der Waals surface area contributed by atoms with Crippen molar-refractivity contribution in [2.45, 2.75) is 0 Å². The molecule has 2 heterocycles. The topological polar surface area (TPSA) is 90.4 Å². The van der Waals surface area contributed by atoms with Gasteiger partial charge in [-0.05, 0) is 12.1 Å². The van der Waals surface area contributed by atoms with E-state index in [0.29, 0.717) is 11.2 Å². The fourth-order valence-corrected chi connectivity index (χ4v) is 2.00. The van der Waals surface area contributed by atoms with Crippen LogP contribution in [0.5, 0.6) is 0 Å². The smallest absolute Gasteiger partial charge is 0.252 e. The van der Waals surface area contributed by atoms with Gasteiger partial charge in [0.15, 0.2) is 5.65 Å². The van der Waals surface area contributed by atoms with Crippen LogP contribution >= 0.6 is 0 Å². The van der Waals surface area contributed by atoms with Gasteiger partial charge in [-0.1, -0.05) is 24.3 Å². The Kier molecular flexibility index (Phi) is 2.76. The second kappa shape index (κ2) is 4.58. The molecule has 0 aliphatic rings. The molecule has 0 spiro atoms. The quantitative estimate of drug-likeness (QED) is 0.718. The lowest BCUT2D eigenvalue weighted by molar-refractivity contribution is 0.100. The van der Waals surface area contributed by atoms with Crippen LogP contribution in [0.4, 0.5) is 0 Å². The van der Waals surface area contributed by atoms with E-state index < -0.39 is 5.91 Å². The Hall–Kier alpha value is -3.02. The van der Waals surface area contributed by atoms with E-state index in [1.807, 2.05) is 0 Å². The van der Waals surface area contributed by atoms with Gasteiger partial charge in [0.25, 0.3) is 5.91 Å². The molecule has 1 amide bonds. The van der Waals surface area contributed by atoms with E-state index in [-0.39, 0.29) is 5.56 Å². The SMILES string of the molecule is NC(=O)c1ccc(-c2ccc(C=O)cc2)n2n[c]nc12. The highest BCUT2D eigenvalue weighted by Crippen LogP contribution is 2.21. The van der Waals surface area contributed by atoms with Crippen molar-refractivity contribution in [3.63, 3.8) is 0 Å². The maximum Gasteiger partial charge on any atom is 0.252 e. The van der Waals surface area contributed by atoms with E-state index in [0.717, 1.165) is 17.5 Å². The number of fused-ring (bicyclic) bond motifs is 1. The molecule has 6 heteroatoms. The molecule has 3 rings (SSSR count). The van der Waals surface area contributed by atoms with Crippen molar-refractivity contribution in [2.75, 3.05) is 0 Å². The van der Waals surface area contributed by atoms with Crippen LogP contribution in [0, 0.1) is 6.33 Å². The van der Waals surface area contributed by atoms with Gasteiger partial charge in [-0.3, -0.25) is 9.59 Å². The van der Waals surface area contributed by atoms with Crippen LogP contribution in [0.25, 0.3) is 16.9 Å². The number of carbonyl (C=O) groups is 2. The van der Waals surface area contributed by atoms with Crippen molar-refractivity contribution in [2.24, 2.45) is 5.73 Å². The number of nitrogens with two attached hydrogens (primary N) is 1. The van der Waals surface area contributed by atoms with E-state index in [2.05, 4.69) is 16.4 Å². The van der Waals surface area contributed by atoms with Crippen molar-refractivity contribution in [3.8, 4) is 11.3 Å². The van der Waals surface area contributed by atoms with Gasteiger partial charge in [-0.2, -0.15) is 0 Å². The average Bonchev–Trinajstić information content (AvgIpc) is 2.95. The van der Waals surface area contributed by atoms with E-state index in [9.17, 15) is 9.59 Å². The van der Waals surface area contributed by atoms with Crippen LogP contribution in [0.1, 0.15) is 20.7 Å². The molecule has 3 aromatic rings. The Bertz CT molecular complexity index is 806. The van der Waals surface area contributed by atoms with Crippen LogP contribution in [0.15, 0.2) is 36.4 Å². The van der Waals surface area contributed by atoms with Crippen molar-refractivity contribution >= 4 is 17.8 Å². The van der Waals surface area contributed by atoms with Crippen molar-refractivity contribution in [3.05, 3.63) is 53.9 Å². The van der Waals surface area contributed by atoms with Crippen LogP contribution in [-0.2, 0) is 0 Å². The Labute approximate surface area is 113 Å². The number of hydrogen-bond acceptors (Lipinski definition) is 4. The summed E-state index contributed by atoms with van der Waals surface area (Å²) in [7, 11) is 0. The van der Waals surface area contributed by atoms with Gasteiger partial charge in [-0.15, -0.1) is 5.10 Å². The number of primary amides is 1. The summed E-state index contributed by atoms with van der Waals surface area (Å²) in [4.78, 5) is 25.9. The fraction of sp³-hybridized carbons (Fsp3) is 0. The number of benzene rings is 1. The molecule has 0 aliphatic carbocycles. The van der Waals surface area contributed by atoms with Crippen LogP contribution in [0.2, 0.25) is 0 Å². The third-order valence-electron chi connectivity index (χ3n) is 2.99. The summed E-state index contributed by atoms with van der Waals surface area (Å²) in [6.07, 6.45) is 3.24. The van der Waals surface area contributed by atoms with Crippen molar-refractivity contribution in [1.82, 2.24) is 14.6 Å². The average molecular weight is 265 g/mol. The molecule has 0 saturated heterocycles. The Morgan fingerprint density at radius 1 is 1.20 bits per heavy atom. The van der Waals surface area contributed by atoms with E-state index in [4.69, 9.17) is 5.73 Å². The second-order valence-electron chi connectivity index (χ2n) is 4.18. The molecule has 1 aromatic carbocycles. The lowest BCUT2D eigenvalue weighted by Crippen LogP contribution is -2.13. The minimum atomic E-state index is -0.570. The highest BCUT2D eigenvalue weighted by Gasteiger charge is 2.13. The first-order chi connectivity index (χ1) is 9.70. The summed E-state index contributed by atoms with van der Waals surface area (Å²) >= 11 is 0. The largest absolute Gasteiger partial charge is 0.365 e. The number of pyridine rings is 1. The lowest BCUT2D eigenvalue weighted by Gasteiger charge is -2.06. The zero-order chi connectivity index (χ0) is 14.1. The highest BCUT2D eigenvalue weighted by atomic mass is 16.1. The maximum absolute atomic E-state index is 11.3. The molecule has 0 atom stereocenters. The zero-order valence-electron chi connectivity index (χ0n) is 10.3. The standard InChI is InChI=1S/C14H9N4O2/c15-13(20)11-5-6-12(18-14(11)16-8-17-18)10-3-1-9(7-19)2-4-10/h1-7H,(H2,15,20). The summed E-state index contributed by atoms with van der Waals surface area (Å²) in [5.41, 5.74) is 8.10. The number of rotatable bonds is 3. The second-order valence-corrected chi connectivity index (χ2v) is 4.18. The molecule has 1 radical (unpaired) electrons. The summed E-state index contributed by atoms with van der Waals surface area (Å²) in [6.45, 7) is 0. The van der Waals surface area contributed by atoms with E-state index in [1.165, 1.54) is 4.52 Å². The number of nitrogens with zero attached hydrogens (tertiary/aromatic N) is 3. The number of aromatic nitrogens is 3. The van der Waals surface area contributed by atoms with Gasteiger partial charge in [0.2, 0.25) is 6.33 Å². The van der Waals surface area contributed by atoms with Gasteiger partial charge in [0.1, 0.15) is 6.29 Å². The molecule has 20 heavy (non-hydrogen) atoms. The Morgan fingerprint density at radius 2 is 1.95 bits per heavy atom. The first-order valence-electron chi connectivity index (χ1n) is 5.82. The monoisotopic (exact) mass is 265 g/mol. The van der Waals surface area contributed by atoms with Crippen LogP contribution in [-0.4, -0.2) is 26.8 Å². The minimum absolute atomic E-state index is 0.284. The predicted octanol–water partition coefficient (Wildman–Crippen LogP) is 1.11. The molecule has 97 valence electrons.